The second kappa shape index (κ2) is 9.31. The SMILES string of the molecule is CN(C(=O)c1ccc(Br)s1)[C@@H]1CCC[C@H](n2c(-c3ccccn3)nc3cc(C(N)=O)ccc32)C1. The lowest BCUT2D eigenvalue weighted by atomic mass is 9.89. The number of benzene rings is 1. The van der Waals surface area contributed by atoms with Gasteiger partial charge in [-0.1, -0.05) is 6.07 Å². The van der Waals surface area contributed by atoms with Crippen LogP contribution in [-0.4, -0.2) is 44.3 Å². The number of pyridine rings is 1. The van der Waals surface area contributed by atoms with Crippen LogP contribution in [0.4, 0.5) is 0 Å². The first-order valence-corrected chi connectivity index (χ1v) is 12.8. The van der Waals surface area contributed by atoms with Crippen LogP contribution in [0.3, 0.4) is 0 Å². The average molecular weight is 538 g/mol. The summed E-state index contributed by atoms with van der Waals surface area (Å²) in [6.45, 7) is 0. The zero-order valence-corrected chi connectivity index (χ0v) is 21.1. The lowest BCUT2D eigenvalue weighted by Crippen LogP contribution is -2.40. The summed E-state index contributed by atoms with van der Waals surface area (Å²) < 4.78 is 3.18. The van der Waals surface area contributed by atoms with Gasteiger partial charge < -0.3 is 15.2 Å². The maximum Gasteiger partial charge on any atom is 0.263 e. The molecule has 0 radical (unpaired) electrons. The molecule has 0 spiro atoms. The van der Waals surface area contributed by atoms with Gasteiger partial charge in [0.2, 0.25) is 5.91 Å². The molecule has 1 fully saturated rings. The number of imidazole rings is 1. The minimum Gasteiger partial charge on any atom is -0.366 e. The fraction of sp³-hybridized carbons (Fsp3) is 0.280. The van der Waals surface area contributed by atoms with Gasteiger partial charge in [-0.2, -0.15) is 0 Å². The quantitative estimate of drug-likeness (QED) is 0.374. The van der Waals surface area contributed by atoms with Crippen LogP contribution in [0.2, 0.25) is 0 Å². The molecule has 0 saturated heterocycles. The number of carbonyl (C=O) groups is 2. The van der Waals surface area contributed by atoms with E-state index in [0.29, 0.717) is 11.1 Å². The fourth-order valence-electron chi connectivity index (χ4n) is 4.79. The molecule has 0 bridgehead atoms. The summed E-state index contributed by atoms with van der Waals surface area (Å²) in [7, 11) is 1.90. The molecule has 2 atom stereocenters. The molecule has 1 aliphatic carbocycles. The number of thiophene rings is 1. The molecule has 0 unspecified atom stereocenters. The summed E-state index contributed by atoms with van der Waals surface area (Å²) in [5, 5.41) is 0. The first-order chi connectivity index (χ1) is 16.4. The molecular weight excluding hydrogens is 514 g/mol. The number of primary amides is 1. The second-order valence-corrected chi connectivity index (χ2v) is 11.0. The number of aromatic nitrogens is 3. The fourth-order valence-corrected chi connectivity index (χ4v) is 6.16. The molecule has 34 heavy (non-hydrogen) atoms. The summed E-state index contributed by atoms with van der Waals surface area (Å²) >= 11 is 4.91. The van der Waals surface area contributed by atoms with Crippen molar-refractivity contribution in [2.45, 2.75) is 37.8 Å². The van der Waals surface area contributed by atoms with E-state index in [4.69, 9.17) is 10.7 Å². The van der Waals surface area contributed by atoms with Gasteiger partial charge >= 0.3 is 0 Å². The van der Waals surface area contributed by atoms with E-state index >= 15 is 0 Å². The van der Waals surface area contributed by atoms with Crippen LogP contribution in [-0.2, 0) is 0 Å². The number of carbonyl (C=O) groups excluding carboxylic acids is 2. The third kappa shape index (κ3) is 4.25. The Hall–Kier alpha value is -3.04. The molecule has 4 aromatic rings. The number of nitrogens with two attached hydrogens (primary N) is 1. The van der Waals surface area contributed by atoms with Gasteiger partial charge in [0.15, 0.2) is 5.82 Å². The minimum atomic E-state index is -0.478. The van der Waals surface area contributed by atoms with Gasteiger partial charge in [0.1, 0.15) is 5.69 Å². The van der Waals surface area contributed by atoms with Gasteiger partial charge in [-0.3, -0.25) is 14.6 Å². The van der Waals surface area contributed by atoms with Gasteiger partial charge in [0.05, 0.1) is 19.7 Å². The zero-order chi connectivity index (χ0) is 23.8. The molecule has 7 nitrogen and oxygen atoms in total. The van der Waals surface area contributed by atoms with Crippen molar-refractivity contribution in [3.05, 3.63) is 69.0 Å². The van der Waals surface area contributed by atoms with E-state index in [1.54, 1.807) is 18.3 Å². The molecule has 174 valence electrons. The van der Waals surface area contributed by atoms with Crippen LogP contribution in [0, 0.1) is 0 Å². The van der Waals surface area contributed by atoms with Crippen molar-refractivity contribution in [3.63, 3.8) is 0 Å². The maximum absolute atomic E-state index is 13.1. The highest BCUT2D eigenvalue weighted by atomic mass is 79.9. The normalized spacial score (nSPS) is 18.2. The molecule has 3 aromatic heterocycles. The van der Waals surface area contributed by atoms with Crippen LogP contribution in [0.1, 0.15) is 51.8 Å². The Kier molecular flexibility index (Phi) is 6.22. The second-order valence-electron chi connectivity index (χ2n) is 8.58. The molecule has 9 heteroatoms. The van der Waals surface area contributed by atoms with Crippen molar-refractivity contribution in [2.75, 3.05) is 7.05 Å². The summed E-state index contributed by atoms with van der Waals surface area (Å²) in [5.74, 6) is 0.334. The van der Waals surface area contributed by atoms with Crippen LogP contribution < -0.4 is 5.73 Å². The van der Waals surface area contributed by atoms with E-state index in [1.807, 2.05) is 48.3 Å². The van der Waals surface area contributed by atoms with E-state index in [-0.39, 0.29) is 18.0 Å². The predicted octanol–water partition coefficient (Wildman–Crippen LogP) is 5.28. The van der Waals surface area contributed by atoms with Crippen molar-refractivity contribution in [1.82, 2.24) is 19.4 Å². The smallest absolute Gasteiger partial charge is 0.263 e. The van der Waals surface area contributed by atoms with Crippen LogP contribution in [0.25, 0.3) is 22.6 Å². The summed E-state index contributed by atoms with van der Waals surface area (Å²) in [6.07, 6.45) is 5.51. The number of hydrogen-bond acceptors (Lipinski definition) is 5. The van der Waals surface area contributed by atoms with E-state index in [9.17, 15) is 9.59 Å². The van der Waals surface area contributed by atoms with Crippen molar-refractivity contribution < 1.29 is 9.59 Å². The molecular formula is C25H24BrN5O2S. The van der Waals surface area contributed by atoms with E-state index in [0.717, 1.165) is 51.4 Å². The molecule has 5 rings (SSSR count). The zero-order valence-electron chi connectivity index (χ0n) is 18.6. The third-order valence-corrected chi connectivity index (χ3v) is 8.12. The Balaban J connectivity index is 1.52. The molecule has 1 aliphatic rings. The number of fused-ring (bicyclic) bond motifs is 1. The average Bonchev–Trinajstić information content (AvgIpc) is 3.47. The number of amides is 2. The van der Waals surface area contributed by atoms with Gasteiger partial charge in [-0.05, 0) is 84.1 Å². The van der Waals surface area contributed by atoms with Crippen LogP contribution >= 0.6 is 27.3 Å². The van der Waals surface area contributed by atoms with Crippen molar-refractivity contribution >= 4 is 50.1 Å². The first kappa shape index (κ1) is 22.7. The molecule has 1 aromatic carbocycles. The Morgan fingerprint density at radius 3 is 2.74 bits per heavy atom. The highest BCUT2D eigenvalue weighted by Gasteiger charge is 2.31. The Bertz CT molecular complexity index is 1370. The van der Waals surface area contributed by atoms with E-state index < -0.39 is 5.91 Å². The molecule has 0 aliphatic heterocycles. The largest absolute Gasteiger partial charge is 0.366 e. The Morgan fingerprint density at radius 1 is 1.18 bits per heavy atom. The highest BCUT2D eigenvalue weighted by Crippen LogP contribution is 2.37. The Morgan fingerprint density at radius 2 is 2.03 bits per heavy atom. The molecule has 2 amide bonds. The number of nitrogens with zero attached hydrogens (tertiary/aromatic N) is 4. The number of halogens is 1. The van der Waals surface area contributed by atoms with Gasteiger partial charge in [-0.25, -0.2) is 4.98 Å². The highest BCUT2D eigenvalue weighted by molar-refractivity contribution is 9.11. The molecule has 3 heterocycles. The summed E-state index contributed by atoms with van der Waals surface area (Å²) in [4.78, 5) is 36.9. The molecule has 1 saturated carbocycles. The monoisotopic (exact) mass is 537 g/mol. The maximum atomic E-state index is 13.1. The number of hydrogen-bond donors (Lipinski definition) is 1. The van der Waals surface area contributed by atoms with Gasteiger partial charge in [0, 0.05) is 30.9 Å². The standard InChI is InChI=1S/C25H24BrN5O2S/c1-30(25(33)21-10-11-22(26)34-21)16-5-4-6-17(14-16)31-20-9-8-15(23(27)32)13-19(20)29-24(31)18-7-2-3-12-28-18/h2-3,7-13,16-17H,4-6,14H2,1H3,(H2,27,32)/t16-,17+/m1/s1. The van der Waals surface area contributed by atoms with Crippen molar-refractivity contribution in [3.8, 4) is 11.5 Å². The van der Waals surface area contributed by atoms with Gasteiger partial charge in [0.25, 0.3) is 5.91 Å². The van der Waals surface area contributed by atoms with Crippen LogP contribution in [0.5, 0.6) is 0 Å². The third-order valence-electron chi connectivity index (χ3n) is 6.50. The first-order valence-electron chi connectivity index (χ1n) is 11.2. The lowest BCUT2D eigenvalue weighted by Gasteiger charge is -2.36. The lowest BCUT2D eigenvalue weighted by molar-refractivity contribution is 0.0676. The van der Waals surface area contributed by atoms with Crippen LogP contribution in [0.15, 0.2) is 58.5 Å². The van der Waals surface area contributed by atoms with E-state index in [2.05, 4.69) is 25.5 Å². The Labute approximate surface area is 209 Å². The number of rotatable bonds is 5. The van der Waals surface area contributed by atoms with Crippen molar-refractivity contribution in [2.24, 2.45) is 5.73 Å². The topological polar surface area (TPSA) is 94.1 Å². The van der Waals surface area contributed by atoms with Crippen molar-refractivity contribution in [1.29, 1.82) is 0 Å². The minimum absolute atomic E-state index is 0.0490. The predicted molar refractivity (Wildman–Crippen MR) is 137 cm³/mol. The van der Waals surface area contributed by atoms with Gasteiger partial charge in [-0.15, -0.1) is 11.3 Å². The summed E-state index contributed by atoms with van der Waals surface area (Å²) in [5.41, 5.74) is 8.36. The summed E-state index contributed by atoms with van der Waals surface area (Å²) in [6, 6.07) is 15.2. The molecule has 2 N–H and O–H groups in total. The van der Waals surface area contributed by atoms with E-state index in [1.165, 1.54) is 11.3 Å².